The van der Waals surface area contributed by atoms with Gasteiger partial charge in [0, 0.05) is 45.8 Å². The number of hydrogen-bond acceptors (Lipinski definition) is 5. The molecule has 0 bridgehead atoms. The zero-order chi connectivity index (χ0) is 21.2. The molecule has 2 aromatic carbocycles. The quantitative estimate of drug-likeness (QED) is 0.807. The summed E-state index contributed by atoms with van der Waals surface area (Å²) in [4.78, 5) is 28.6. The van der Waals surface area contributed by atoms with Gasteiger partial charge in [0.1, 0.15) is 5.75 Å². The molecule has 2 aromatic rings. The van der Waals surface area contributed by atoms with Gasteiger partial charge in [-0.3, -0.25) is 9.59 Å². The van der Waals surface area contributed by atoms with Crippen molar-refractivity contribution >= 4 is 21.8 Å². The second-order valence-corrected chi connectivity index (χ2v) is 9.07. The number of sulfonamides is 1. The largest absolute Gasteiger partial charge is 0.507 e. The normalized spacial score (nSPS) is 14.9. The molecule has 1 aliphatic rings. The Hall–Kier alpha value is -2.91. The number of piperazine rings is 1. The first-order chi connectivity index (χ1) is 13.7. The molecule has 1 N–H and O–H groups in total. The van der Waals surface area contributed by atoms with Gasteiger partial charge in [-0.05, 0) is 36.4 Å². The van der Waals surface area contributed by atoms with E-state index in [0.717, 1.165) is 4.31 Å². The predicted octanol–water partition coefficient (Wildman–Crippen LogP) is 1.24. The van der Waals surface area contributed by atoms with Crippen LogP contribution >= 0.6 is 0 Å². The van der Waals surface area contributed by atoms with E-state index in [4.69, 9.17) is 0 Å². The van der Waals surface area contributed by atoms with E-state index in [2.05, 4.69) is 0 Å². The van der Waals surface area contributed by atoms with E-state index >= 15 is 0 Å². The fraction of sp³-hybridized carbons (Fsp3) is 0.300. The summed E-state index contributed by atoms with van der Waals surface area (Å²) in [6, 6.07) is 12.2. The van der Waals surface area contributed by atoms with E-state index in [1.165, 1.54) is 44.4 Å². The van der Waals surface area contributed by atoms with Crippen molar-refractivity contribution in [1.82, 2.24) is 14.1 Å². The zero-order valence-electron chi connectivity index (χ0n) is 16.3. The van der Waals surface area contributed by atoms with Crippen LogP contribution in [0.1, 0.15) is 20.7 Å². The van der Waals surface area contributed by atoms with Crippen LogP contribution in [0.5, 0.6) is 5.75 Å². The number of nitrogens with zero attached hydrogens (tertiary/aromatic N) is 3. The zero-order valence-corrected chi connectivity index (χ0v) is 17.1. The van der Waals surface area contributed by atoms with Crippen LogP contribution < -0.4 is 0 Å². The highest BCUT2D eigenvalue weighted by molar-refractivity contribution is 7.89. The van der Waals surface area contributed by atoms with Crippen molar-refractivity contribution in [2.45, 2.75) is 4.90 Å². The van der Waals surface area contributed by atoms with Crippen molar-refractivity contribution in [2.75, 3.05) is 40.3 Å². The van der Waals surface area contributed by atoms with Gasteiger partial charge in [-0.25, -0.2) is 12.7 Å². The van der Waals surface area contributed by atoms with Crippen LogP contribution in [0, 0.1) is 0 Å². The number of aromatic hydroxyl groups is 1. The van der Waals surface area contributed by atoms with Crippen LogP contribution in [0.3, 0.4) is 0 Å². The first-order valence-electron chi connectivity index (χ1n) is 9.11. The molecular weight excluding hydrogens is 394 g/mol. The third-order valence-corrected chi connectivity index (χ3v) is 6.70. The van der Waals surface area contributed by atoms with E-state index < -0.39 is 10.0 Å². The first kappa shape index (κ1) is 20.8. The minimum Gasteiger partial charge on any atom is -0.507 e. The van der Waals surface area contributed by atoms with Crippen molar-refractivity contribution in [2.24, 2.45) is 0 Å². The number of hydrogen-bond donors (Lipinski definition) is 1. The number of para-hydroxylation sites is 1. The number of phenols is 1. The number of carbonyl (C=O) groups excluding carboxylic acids is 2. The lowest BCUT2D eigenvalue weighted by molar-refractivity contribution is 0.0533. The third kappa shape index (κ3) is 4.25. The van der Waals surface area contributed by atoms with Crippen LogP contribution in [0.4, 0.5) is 0 Å². The fourth-order valence-electron chi connectivity index (χ4n) is 3.10. The Morgan fingerprint density at radius 3 is 1.90 bits per heavy atom. The Bertz CT molecular complexity index is 1010. The molecule has 0 saturated carbocycles. The van der Waals surface area contributed by atoms with Gasteiger partial charge in [-0.15, -0.1) is 0 Å². The summed E-state index contributed by atoms with van der Waals surface area (Å²) in [7, 11) is -0.650. The molecule has 154 valence electrons. The minimum atomic E-state index is -3.55. The molecule has 29 heavy (non-hydrogen) atoms. The molecule has 0 atom stereocenters. The van der Waals surface area contributed by atoms with E-state index in [1.807, 2.05) is 0 Å². The molecule has 8 nitrogen and oxygen atoms in total. The Morgan fingerprint density at radius 1 is 0.862 bits per heavy atom. The van der Waals surface area contributed by atoms with Crippen molar-refractivity contribution in [3.05, 3.63) is 59.7 Å². The molecular formula is C20H23N3O5S. The van der Waals surface area contributed by atoms with E-state index in [1.54, 1.807) is 28.0 Å². The average Bonchev–Trinajstić information content (AvgIpc) is 2.73. The maximum atomic E-state index is 12.7. The van der Waals surface area contributed by atoms with Crippen LogP contribution in [-0.4, -0.2) is 79.7 Å². The Kier molecular flexibility index (Phi) is 5.90. The maximum absolute atomic E-state index is 12.7. The van der Waals surface area contributed by atoms with Crippen molar-refractivity contribution in [3.8, 4) is 5.75 Å². The molecule has 1 heterocycles. The highest BCUT2D eigenvalue weighted by Crippen LogP contribution is 2.20. The smallest absolute Gasteiger partial charge is 0.257 e. The lowest BCUT2D eigenvalue weighted by atomic mass is 10.1. The molecule has 0 spiro atoms. The standard InChI is InChI=1S/C20H23N3O5S/c1-21(2)29(27,28)16-9-7-15(8-10-16)19(25)22-11-13-23(14-12-22)20(26)17-5-3-4-6-18(17)24/h3-10,24H,11-14H2,1-2H3. The highest BCUT2D eigenvalue weighted by atomic mass is 32.2. The molecule has 0 aromatic heterocycles. The summed E-state index contributed by atoms with van der Waals surface area (Å²) >= 11 is 0. The summed E-state index contributed by atoms with van der Waals surface area (Å²) in [5.74, 6) is -0.550. The van der Waals surface area contributed by atoms with Crippen LogP contribution in [0.15, 0.2) is 53.4 Å². The van der Waals surface area contributed by atoms with Crippen LogP contribution in [0.25, 0.3) is 0 Å². The fourth-order valence-corrected chi connectivity index (χ4v) is 4.00. The maximum Gasteiger partial charge on any atom is 0.257 e. The second-order valence-electron chi connectivity index (χ2n) is 6.91. The average molecular weight is 417 g/mol. The molecule has 0 aliphatic carbocycles. The minimum absolute atomic E-state index is 0.0660. The van der Waals surface area contributed by atoms with Gasteiger partial charge in [-0.2, -0.15) is 0 Å². The van der Waals surface area contributed by atoms with Crippen molar-refractivity contribution in [1.29, 1.82) is 0 Å². The monoisotopic (exact) mass is 417 g/mol. The van der Waals surface area contributed by atoms with E-state index in [9.17, 15) is 23.1 Å². The van der Waals surface area contributed by atoms with Gasteiger partial charge in [0.05, 0.1) is 10.5 Å². The lowest BCUT2D eigenvalue weighted by Crippen LogP contribution is -2.50. The molecule has 0 unspecified atom stereocenters. The summed E-state index contributed by atoms with van der Waals surface area (Å²) in [6.07, 6.45) is 0. The van der Waals surface area contributed by atoms with Crippen molar-refractivity contribution < 1.29 is 23.1 Å². The number of carbonyl (C=O) groups is 2. The summed E-state index contributed by atoms with van der Waals surface area (Å²) in [6.45, 7) is 1.42. The topological polar surface area (TPSA) is 98.2 Å². The summed E-state index contributed by atoms with van der Waals surface area (Å²) < 4.78 is 25.4. The Labute approximate surface area is 170 Å². The molecule has 3 rings (SSSR count). The van der Waals surface area contributed by atoms with Crippen molar-refractivity contribution in [3.63, 3.8) is 0 Å². The third-order valence-electron chi connectivity index (χ3n) is 4.87. The molecule has 9 heteroatoms. The van der Waals surface area contributed by atoms with Gasteiger partial charge in [0.15, 0.2) is 0 Å². The second kappa shape index (κ2) is 8.22. The van der Waals surface area contributed by atoms with E-state index in [0.29, 0.717) is 31.7 Å². The molecule has 2 amide bonds. The van der Waals surface area contributed by atoms with Gasteiger partial charge in [0.2, 0.25) is 10.0 Å². The summed E-state index contributed by atoms with van der Waals surface area (Å²) in [5.41, 5.74) is 0.633. The SMILES string of the molecule is CN(C)S(=O)(=O)c1ccc(C(=O)N2CCN(C(=O)c3ccccc3O)CC2)cc1. The van der Waals surface area contributed by atoms with Gasteiger partial charge in [-0.1, -0.05) is 12.1 Å². The van der Waals surface area contributed by atoms with Crippen LogP contribution in [-0.2, 0) is 10.0 Å². The number of amides is 2. The van der Waals surface area contributed by atoms with Gasteiger partial charge >= 0.3 is 0 Å². The van der Waals surface area contributed by atoms with E-state index in [-0.39, 0.29) is 28.0 Å². The highest BCUT2D eigenvalue weighted by Gasteiger charge is 2.27. The van der Waals surface area contributed by atoms with Crippen LogP contribution in [0.2, 0.25) is 0 Å². The van der Waals surface area contributed by atoms with Gasteiger partial charge < -0.3 is 14.9 Å². The Morgan fingerprint density at radius 2 is 1.38 bits per heavy atom. The lowest BCUT2D eigenvalue weighted by Gasteiger charge is -2.35. The summed E-state index contributed by atoms with van der Waals surface area (Å²) in [5, 5.41) is 9.86. The first-order valence-corrected chi connectivity index (χ1v) is 10.5. The predicted molar refractivity (Wildman–Crippen MR) is 107 cm³/mol. The molecule has 1 fully saturated rings. The van der Waals surface area contributed by atoms with Gasteiger partial charge in [0.25, 0.3) is 11.8 Å². The molecule has 1 aliphatic heterocycles. The number of benzene rings is 2. The molecule has 0 radical (unpaired) electrons. The number of rotatable bonds is 4. The Balaban J connectivity index is 1.64. The molecule has 1 saturated heterocycles. The number of phenolic OH excluding ortho intramolecular Hbond substituents is 1.